The Bertz CT molecular complexity index is 179. The summed E-state index contributed by atoms with van der Waals surface area (Å²) in [6.45, 7) is 4.91. The largest absolute Gasteiger partial charge is 0.396 e. The van der Waals surface area contributed by atoms with Crippen molar-refractivity contribution in [3.05, 3.63) is 0 Å². The van der Waals surface area contributed by atoms with E-state index >= 15 is 0 Å². The summed E-state index contributed by atoms with van der Waals surface area (Å²) in [5, 5.41) is 8.85. The summed E-state index contributed by atoms with van der Waals surface area (Å²) in [5.74, 6) is 0.715. The second kappa shape index (κ2) is 18.0. The molecule has 0 aromatic rings. The Morgan fingerprint density at radius 2 is 0.952 bits per heavy atom. The van der Waals surface area contributed by atoms with E-state index < -0.39 is 0 Å². The molecule has 0 rings (SSSR count). The van der Waals surface area contributed by atoms with Gasteiger partial charge in [0.05, 0.1) is 0 Å². The molecule has 0 aliphatic rings. The molecule has 0 heterocycles. The molecule has 1 atom stereocenters. The van der Waals surface area contributed by atoms with Crippen molar-refractivity contribution >= 4 is 0 Å². The van der Waals surface area contributed by atoms with Crippen molar-refractivity contribution in [2.75, 3.05) is 6.61 Å². The number of unbranched alkanes of at least 4 members (excludes halogenated alkanes) is 13. The van der Waals surface area contributed by atoms with Crippen LogP contribution >= 0.6 is 0 Å². The first-order chi connectivity index (χ1) is 10.3. The van der Waals surface area contributed by atoms with Gasteiger partial charge in [-0.3, -0.25) is 0 Å². The molecule has 0 fully saturated rings. The van der Waals surface area contributed by atoms with Crippen LogP contribution in [0.5, 0.6) is 0 Å². The van der Waals surface area contributed by atoms with Crippen LogP contribution in [0.3, 0.4) is 0 Å². The average Bonchev–Trinajstić information content (AvgIpc) is 2.48. The lowest BCUT2D eigenvalue weighted by atomic mass is 9.99. The molecule has 0 aromatic heterocycles. The molecular weight excluding hydrogens is 256 g/mol. The Hall–Kier alpha value is -0.0400. The van der Waals surface area contributed by atoms with E-state index in [1.165, 1.54) is 96.3 Å². The second-order valence-electron chi connectivity index (χ2n) is 7.00. The van der Waals surface area contributed by atoms with Crippen LogP contribution in [0.1, 0.15) is 117 Å². The van der Waals surface area contributed by atoms with Crippen molar-refractivity contribution in [2.45, 2.75) is 117 Å². The Kier molecular flexibility index (Phi) is 18.0. The molecular formula is C20H42O. The number of hydrogen-bond donors (Lipinski definition) is 1. The first-order valence-corrected chi connectivity index (χ1v) is 9.92. The predicted octanol–water partition coefficient (Wildman–Crippen LogP) is 6.88. The normalized spacial score (nSPS) is 12.7. The third kappa shape index (κ3) is 17.9. The van der Waals surface area contributed by atoms with E-state index in [2.05, 4.69) is 13.8 Å². The SMILES string of the molecule is CCCCCCCCCCCCCCCCC(C)CCO. The quantitative estimate of drug-likeness (QED) is 0.290. The number of rotatable bonds is 17. The summed E-state index contributed by atoms with van der Waals surface area (Å²) in [6, 6.07) is 0. The molecule has 1 unspecified atom stereocenters. The average molecular weight is 299 g/mol. The standard InChI is InChI=1S/C20H42O/c1-3-4-5-6-7-8-9-10-11-12-13-14-15-16-17-20(2)18-19-21/h20-21H,3-19H2,1-2H3. The smallest absolute Gasteiger partial charge is 0.0433 e. The van der Waals surface area contributed by atoms with E-state index in [0.717, 1.165) is 6.42 Å². The maximum Gasteiger partial charge on any atom is 0.0433 e. The van der Waals surface area contributed by atoms with Crippen LogP contribution in [0, 0.1) is 5.92 Å². The molecule has 1 heteroatoms. The molecule has 0 bridgehead atoms. The zero-order valence-corrected chi connectivity index (χ0v) is 15.0. The van der Waals surface area contributed by atoms with Gasteiger partial charge < -0.3 is 5.11 Å². The van der Waals surface area contributed by atoms with Crippen LogP contribution < -0.4 is 0 Å². The summed E-state index contributed by atoms with van der Waals surface area (Å²) in [6.07, 6.45) is 22.4. The molecule has 0 saturated heterocycles. The van der Waals surface area contributed by atoms with Crippen LogP contribution in [0.15, 0.2) is 0 Å². The van der Waals surface area contributed by atoms with Crippen molar-refractivity contribution in [1.29, 1.82) is 0 Å². The Morgan fingerprint density at radius 3 is 1.33 bits per heavy atom. The maximum absolute atomic E-state index is 8.85. The highest BCUT2D eigenvalue weighted by molar-refractivity contribution is 4.54. The molecule has 128 valence electrons. The van der Waals surface area contributed by atoms with Gasteiger partial charge in [0.25, 0.3) is 0 Å². The minimum absolute atomic E-state index is 0.361. The van der Waals surface area contributed by atoms with Gasteiger partial charge in [0, 0.05) is 6.61 Å². The van der Waals surface area contributed by atoms with Crippen molar-refractivity contribution in [3.8, 4) is 0 Å². The first kappa shape index (κ1) is 21.0. The van der Waals surface area contributed by atoms with Crippen LogP contribution in [0.4, 0.5) is 0 Å². The third-order valence-electron chi connectivity index (χ3n) is 4.67. The lowest BCUT2D eigenvalue weighted by molar-refractivity contribution is 0.256. The van der Waals surface area contributed by atoms with Gasteiger partial charge in [-0.15, -0.1) is 0 Å². The van der Waals surface area contributed by atoms with Gasteiger partial charge in [0.15, 0.2) is 0 Å². The van der Waals surface area contributed by atoms with Gasteiger partial charge in [0.1, 0.15) is 0 Å². The molecule has 0 saturated carbocycles. The van der Waals surface area contributed by atoms with E-state index in [1.54, 1.807) is 0 Å². The summed E-state index contributed by atoms with van der Waals surface area (Å²) in [7, 11) is 0. The summed E-state index contributed by atoms with van der Waals surface area (Å²) in [4.78, 5) is 0. The van der Waals surface area contributed by atoms with Gasteiger partial charge in [-0.05, 0) is 12.3 Å². The monoisotopic (exact) mass is 298 g/mol. The minimum atomic E-state index is 0.361. The Morgan fingerprint density at radius 1 is 0.571 bits per heavy atom. The maximum atomic E-state index is 8.85. The minimum Gasteiger partial charge on any atom is -0.396 e. The van der Waals surface area contributed by atoms with E-state index in [-0.39, 0.29) is 0 Å². The summed E-state index contributed by atoms with van der Waals surface area (Å²) < 4.78 is 0. The van der Waals surface area contributed by atoms with E-state index in [9.17, 15) is 0 Å². The van der Waals surface area contributed by atoms with Crippen molar-refractivity contribution in [3.63, 3.8) is 0 Å². The number of hydrogen-bond acceptors (Lipinski definition) is 1. The zero-order chi connectivity index (χ0) is 15.6. The van der Waals surface area contributed by atoms with Gasteiger partial charge in [-0.1, -0.05) is 110 Å². The lowest BCUT2D eigenvalue weighted by Crippen LogP contribution is -1.97. The highest BCUT2D eigenvalue weighted by Crippen LogP contribution is 2.15. The van der Waals surface area contributed by atoms with E-state index in [4.69, 9.17) is 5.11 Å². The van der Waals surface area contributed by atoms with Gasteiger partial charge in [0.2, 0.25) is 0 Å². The van der Waals surface area contributed by atoms with E-state index in [1.807, 2.05) is 0 Å². The van der Waals surface area contributed by atoms with Gasteiger partial charge in [-0.2, -0.15) is 0 Å². The van der Waals surface area contributed by atoms with Crippen LogP contribution in [-0.4, -0.2) is 11.7 Å². The van der Waals surface area contributed by atoms with Crippen molar-refractivity contribution in [1.82, 2.24) is 0 Å². The number of aliphatic hydroxyl groups is 1. The molecule has 0 aromatic carbocycles. The Balaban J connectivity index is 2.99. The molecule has 0 radical (unpaired) electrons. The van der Waals surface area contributed by atoms with Gasteiger partial charge in [-0.25, -0.2) is 0 Å². The fourth-order valence-electron chi connectivity index (χ4n) is 3.05. The fourth-order valence-corrected chi connectivity index (χ4v) is 3.05. The molecule has 0 aliphatic heterocycles. The summed E-state index contributed by atoms with van der Waals surface area (Å²) in [5.41, 5.74) is 0. The molecule has 0 aliphatic carbocycles. The molecule has 21 heavy (non-hydrogen) atoms. The third-order valence-corrected chi connectivity index (χ3v) is 4.67. The number of aliphatic hydroxyl groups excluding tert-OH is 1. The van der Waals surface area contributed by atoms with Crippen LogP contribution in [0.25, 0.3) is 0 Å². The van der Waals surface area contributed by atoms with Crippen molar-refractivity contribution < 1.29 is 5.11 Å². The molecule has 0 amide bonds. The fraction of sp³-hybridized carbons (Fsp3) is 1.00. The molecule has 1 N–H and O–H groups in total. The zero-order valence-electron chi connectivity index (χ0n) is 15.0. The van der Waals surface area contributed by atoms with Crippen molar-refractivity contribution in [2.24, 2.45) is 5.92 Å². The van der Waals surface area contributed by atoms with Gasteiger partial charge >= 0.3 is 0 Å². The molecule has 1 nitrogen and oxygen atoms in total. The summed E-state index contributed by atoms with van der Waals surface area (Å²) >= 11 is 0. The lowest BCUT2D eigenvalue weighted by Gasteiger charge is -2.08. The Labute approximate surface area is 134 Å². The highest BCUT2D eigenvalue weighted by Gasteiger charge is 2.00. The highest BCUT2D eigenvalue weighted by atomic mass is 16.3. The second-order valence-corrected chi connectivity index (χ2v) is 7.00. The predicted molar refractivity (Wildman–Crippen MR) is 95.8 cm³/mol. The molecule has 0 spiro atoms. The first-order valence-electron chi connectivity index (χ1n) is 9.92. The topological polar surface area (TPSA) is 20.2 Å². The van der Waals surface area contributed by atoms with Crippen LogP contribution in [-0.2, 0) is 0 Å². The van der Waals surface area contributed by atoms with E-state index in [0.29, 0.717) is 12.5 Å². The van der Waals surface area contributed by atoms with Crippen LogP contribution in [0.2, 0.25) is 0 Å².